The molecule has 6 nitrogen and oxygen atoms in total. The van der Waals surface area contributed by atoms with E-state index in [1.165, 1.54) is 15.9 Å². The molecule has 1 aromatic carbocycles. The lowest BCUT2D eigenvalue weighted by Crippen LogP contribution is -2.48. The first-order chi connectivity index (χ1) is 12.6. The lowest BCUT2D eigenvalue weighted by molar-refractivity contribution is -0.137. The van der Waals surface area contributed by atoms with Gasteiger partial charge in [0.2, 0.25) is 11.8 Å². The molecule has 0 radical (unpaired) electrons. The standard InChI is InChI=1S/C18H20F3N3O3/c1-23-10-13(4-5-15(23)25)22-17(27)11-7-12(18(19,20)21)9-14(8-11)24-6-2-3-16(24)26/h7-9,13H,2-6,10H2,1H3,(H,22,27). The van der Waals surface area contributed by atoms with Gasteiger partial charge in [0.25, 0.3) is 5.91 Å². The highest BCUT2D eigenvalue weighted by Gasteiger charge is 2.34. The van der Waals surface area contributed by atoms with Gasteiger partial charge in [-0.25, -0.2) is 0 Å². The zero-order chi connectivity index (χ0) is 19.8. The Bertz CT molecular complexity index is 779. The lowest BCUT2D eigenvalue weighted by atomic mass is 10.0. The number of nitrogens with zero attached hydrogens (tertiary/aromatic N) is 2. The van der Waals surface area contributed by atoms with Crippen LogP contribution in [0.4, 0.5) is 18.9 Å². The quantitative estimate of drug-likeness (QED) is 0.870. The Morgan fingerprint density at radius 3 is 2.48 bits per heavy atom. The molecule has 3 amide bonds. The molecule has 0 aromatic heterocycles. The van der Waals surface area contributed by atoms with Gasteiger partial charge in [0.15, 0.2) is 0 Å². The largest absolute Gasteiger partial charge is 0.416 e. The SMILES string of the molecule is CN1CC(NC(=O)c2cc(N3CCCC3=O)cc(C(F)(F)F)c2)CCC1=O. The molecule has 2 fully saturated rings. The van der Waals surface area contributed by atoms with E-state index in [1.807, 2.05) is 0 Å². The van der Waals surface area contributed by atoms with E-state index < -0.39 is 17.6 Å². The van der Waals surface area contributed by atoms with Crippen molar-refractivity contribution in [2.45, 2.75) is 37.9 Å². The number of amides is 3. The predicted octanol–water partition coefficient (Wildman–Crippen LogP) is 2.18. The van der Waals surface area contributed by atoms with Crippen molar-refractivity contribution in [2.24, 2.45) is 0 Å². The van der Waals surface area contributed by atoms with Crippen molar-refractivity contribution >= 4 is 23.4 Å². The van der Waals surface area contributed by atoms with Gasteiger partial charge in [-0.3, -0.25) is 14.4 Å². The maximum atomic E-state index is 13.3. The summed E-state index contributed by atoms with van der Waals surface area (Å²) in [6.07, 6.45) is -3.08. The van der Waals surface area contributed by atoms with E-state index in [-0.39, 0.29) is 41.9 Å². The molecule has 9 heteroatoms. The number of benzene rings is 1. The number of nitrogens with one attached hydrogen (secondary N) is 1. The van der Waals surface area contributed by atoms with Gasteiger partial charge in [0.1, 0.15) is 0 Å². The number of carbonyl (C=O) groups is 3. The summed E-state index contributed by atoms with van der Waals surface area (Å²) in [5.41, 5.74) is -1.05. The van der Waals surface area contributed by atoms with E-state index >= 15 is 0 Å². The van der Waals surface area contributed by atoms with Gasteiger partial charge in [-0.05, 0) is 31.0 Å². The van der Waals surface area contributed by atoms with Crippen LogP contribution < -0.4 is 10.2 Å². The van der Waals surface area contributed by atoms with Crippen LogP contribution in [0, 0.1) is 0 Å². The lowest BCUT2D eigenvalue weighted by Gasteiger charge is -2.30. The first kappa shape index (κ1) is 19.2. The first-order valence-corrected chi connectivity index (χ1v) is 8.72. The van der Waals surface area contributed by atoms with Crippen molar-refractivity contribution in [2.75, 3.05) is 25.0 Å². The van der Waals surface area contributed by atoms with Gasteiger partial charge in [-0.2, -0.15) is 13.2 Å². The van der Waals surface area contributed by atoms with E-state index in [0.29, 0.717) is 25.9 Å². The third-order valence-corrected chi connectivity index (χ3v) is 4.85. The van der Waals surface area contributed by atoms with Gasteiger partial charge in [0, 0.05) is 50.3 Å². The number of carbonyl (C=O) groups excluding carboxylic acids is 3. The fourth-order valence-corrected chi connectivity index (χ4v) is 3.38. The minimum Gasteiger partial charge on any atom is -0.348 e. The number of likely N-dealkylation sites (tertiary alicyclic amines) is 1. The predicted molar refractivity (Wildman–Crippen MR) is 91.2 cm³/mol. The fraction of sp³-hybridized carbons (Fsp3) is 0.500. The molecule has 1 aromatic rings. The molecule has 1 atom stereocenters. The monoisotopic (exact) mass is 383 g/mol. The van der Waals surface area contributed by atoms with Crippen LogP contribution in [0.15, 0.2) is 18.2 Å². The summed E-state index contributed by atoms with van der Waals surface area (Å²) in [6.45, 7) is 0.637. The number of halogens is 3. The highest BCUT2D eigenvalue weighted by molar-refractivity contribution is 5.99. The average molecular weight is 383 g/mol. The van der Waals surface area contributed by atoms with E-state index in [4.69, 9.17) is 0 Å². The summed E-state index contributed by atoms with van der Waals surface area (Å²) in [4.78, 5) is 38.7. The van der Waals surface area contributed by atoms with E-state index in [2.05, 4.69) is 5.32 Å². The Morgan fingerprint density at radius 1 is 1.15 bits per heavy atom. The number of hydrogen-bond acceptors (Lipinski definition) is 3. The van der Waals surface area contributed by atoms with Crippen LogP contribution in [0.5, 0.6) is 0 Å². The second-order valence-corrected chi connectivity index (χ2v) is 6.90. The van der Waals surface area contributed by atoms with Crippen molar-refractivity contribution in [3.05, 3.63) is 29.3 Å². The molecule has 0 spiro atoms. The summed E-state index contributed by atoms with van der Waals surface area (Å²) in [5.74, 6) is -0.941. The zero-order valence-electron chi connectivity index (χ0n) is 14.8. The highest BCUT2D eigenvalue weighted by atomic mass is 19.4. The molecule has 1 N–H and O–H groups in total. The van der Waals surface area contributed by atoms with Crippen molar-refractivity contribution in [1.29, 1.82) is 0 Å². The van der Waals surface area contributed by atoms with Crippen LogP contribution in [0.1, 0.15) is 41.6 Å². The van der Waals surface area contributed by atoms with Crippen LogP contribution in [0.3, 0.4) is 0 Å². The third kappa shape index (κ3) is 4.23. The van der Waals surface area contributed by atoms with Crippen molar-refractivity contribution in [3.8, 4) is 0 Å². The summed E-state index contributed by atoms with van der Waals surface area (Å²) >= 11 is 0. The maximum Gasteiger partial charge on any atom is 0.416 e. The smallest absolute Gasteiger partial charge is 0.348 e. The molecule has 0 bridgehead atoms. The second kappa shape index (κ2) is 7.21. The number of rotatable bonds is 3. The van der Waals surface area contributed by atoms with Crippen LogP contribution in [0.25, 0.3) is 0 Å². The van der Waals surface area contributed by atoms with Gasteiger partial charge in [-0.15, -0.1) is 0 Å². The normalized spacial score (nSPS) is 21.0. The van der Waals surface area contributed by atoms with Crippen LogP contribution in [-0.2, 0) is 15.8 Å². The van der Waals surface area contributed by atoms with Crippen LogP contribution >= 0.6 is 0 Å². The van der Waals surface area contributed by atoms with Crippen molar-refractivity contribution in [3.63, 3.8) is 0 Å². The van der Waals surface area contributed by atoms with Gasteiger partial charge in [-0.1, -0.05) is 0 Å². The molecular formula is C18H20F3N3O3. The van der Waals surface area contributed by atoms with Gasteiger partial charge in [0.05, 0.1) is 5.56 Å². The molecule has 0 aliphatic carbocycles. The molecule has 2 heterocycles. The van der Waals surface area contributed by atoms with Gasteiger partial charge >= 0.3 is 6.18 Å². The highest BCUT2D eigenvalue weighted by Crippen LogP contribution is 2.34. The van der Waals surface area contributed by atoms with E-state index in [9.17, 15) is 27.6 Å². The van der Waals surface area contributed by atoms with Crippen LogP contribution in [0.2, 0.25) is 0 Å². The number of alkyl halides is 3. The molecule has 3 rings (SSSR count). The van der Waals surface area contributed by atoms with E-state index in [0.717, 1.165) is 12.1 Å². The van der Waals surface area contributed by atoms with Crippen LogP contribution in [-0.4, -0.2) is 48.8 Å². The van der Waals surface area contributed by atoms with E-state index in [1.54, 1.807) is 7.05 Å². The Labute approximate surface area is 154 Å². The molecule has 2 saturated heterocycles. The Kier molecular flexibility index (Phi) is 5.12. The third-order valence-electron chi connectivity index (χ3n) is 4.85. The topological polar surface area (TPSA) is 69.7 Å². The number of likely N-dealkylation sites (N-methyl/N-ethyl adjacent to an activating group) is 1. The first-order valence-electron chi connectivity index (χ1n) is 8.72. The second-order valence-electron chi connectivity index (χ2n) is 6.90. The zero-order valence-corrected chi connectivity index (χ0v) is 14.8. The molecule has 2 aliphatic heterocycles. The Balaban J connectivity index is 1.86. The average Bonchev–Trinajstić information content (AvgIpc) is 3.03. The fourth-order valence-electron chi connectivity index (χ4n) is 3.38. The van der Waals surface area contributed by atoms with Crippen molar-refractivity contribution in [1.82, 2.24) is 10.2 Å². The number of anilines is 1. The molecule has 2 aliphatic rings. The van der Waals surface area contributed by atoms with Crippen molar-refractivity contribution < 1.29 is 27.6 Å². The molecule has 1 unspecified atom stereocenters. The summed E-state index contributed by atoms with van der Waals surface area (Å²) in [6, 6.07) is 2.67. The minimum atomic E-state index is -4.63. The minimum absolute atomic E-state index is 0.0330. The molecule has 0 saturated carbocycles. The molecular weight excluding hydrogens is 363 g/mol. The Hall–Kier alpha value is -2.58. The molecule has 146 valence electrons. The summed E-state index contributed by atoms with van der Waals surface area (Å²) in [5, 5.41) is 2.69. The summed E-state index contributed by atoms with van der Waals surface area (Å²) < 4.78 is 39.8. The maximum absolute atomic E-state index is 13.3. The summed E-state index contributed by atoms with van der Waals surface area (Å²) in [7, 11) is 1.61. The Morgan fingerprint density at radius 2 is 1.89 bits per heavy atom. The number of hydrogen-bond donors (Lipinski definition) is 1. The van der Waals surface area contributed by atoms with Gasteiger partial charge < -0.3 is 15.1 Å². The number of piperidine rings is 1. The molecule has 27 heavy (non-hydrogen) atoms.